The highest BCUT2D eigenvalue weighted by Crippen LogP contribution is 2.18. The topological polar surface area (TPSA) is 12.0 Å². The van der Waals surface area contributed by atoms with Crippen LogP contribution in [-0.2, 0) is 6.54 Å². The first-order valence-corrected chi connectivity index (χ1v) is 6.09. The predicted octanol–water partition coefficient (Wildman–Crippen LogP) is 3.17. The number of rotatable bonds is 3. The Labute approximate surface area is 84.2 Å². The van der Waals surface area contributed by atoms with Gasteiger partial charge in [0.05, 0.1) is 0 Å². The van der Waals surface area contributed by atoms with Gasteiger partial charge in [0.15, 0.2) is 0 Å². The lowest BCUT2D eigenvalue weighted by atomic mass is 9.95. The lowest BCUT2D eigenvalue weighted by Crippen LogP contribution is -2.30. The summed E-state index contributed by atoms with van der Waals surface area (Å²) in [6.07, 6.45) is 7.04. The predicted molar refractivity (Wildman–Crippen MR) is 58.0 cm³/mol. The van der Waals surface area contributed by atoms with E-state index in [0.717, 1.165) is 12.6 Å². The summed E-state index contributed by atoms with van der Waals surface area (Å²) in [6, 6.07) is 5.12. The molecule has 1 nitrogen and oxygen atoms in total. The number of thiophene rings is 1. The monoisotopic (exact) mass is 195 g/mol. The van der Waals surface area contributed by atoms with E-state index in [9.17, 15) is 0 Å². The first kappa shape index (κ1) is 9.22. The van der Waals surface area contributed by atoms with Crippen molar-refractivity contribution in [3.63, 3.8) is 0 Å². The van der Waals surface area contributed by atoms with E-state index in [2.05, 4.69) is 22.8 Å². The first-order chi connectivity index (χ1) is 6.45. The van der Waals surface area contributed by atoms with E-state index in [1.807, 2.05) is 11.3 Å². The average Bonchev–Trinajstić information content (AvgIpc) is 2.69. The Bertz CT molecular complexity index is 224. The highest BCUT2D eigenvalue weighted by Gasteiger charge is 2.11. The Morgan fingerprint density at radius 3 is 2.85 bits per heavy atom. The number of nitrogens with one attached hydrogen (secondary N) is 1. The van der Waals surface area contributed by atoms with E-state index in [0.29, 0.717) is 0 Å². The molecule has 1 fully saturated rings. The van der Waals surface area contributed by atoms with Crippen LogP contribution in [0.4, 0.5) is 0 Å². The molecular formula is C11H17NS. The van der Waals surface area contributed by atoms with Crippen LogP contribution in [0.3, 0.4) is 0 Å². The van der Waals surface area contributed by atoms with Crippen LogP contribution in [-0.4, -0.2) is 6.04 Å². The molecule has 2 heteroatoms. The molecule has 0 aliphatic heterocycles. The van der Waals surface area contributed by atoms with Gasteiger partial charge in [-0.05, 0) is 24.3 Å². The van der Waals surface area contributed by atoms with Gasteiger partial charge in [0.25, 0.3) is 0 Å². The van der Waals surface area contributed by atoms with Gasteiger partial charge in [-0.2, -0.15) is 0 Å². The molecule has 0 bridgehead atoms. The van der Waals surface area contributed by atoms with E-state index in [4.69, 9.17) is 0 Å². The Morgan fingerprint density at radius 1 is 1.31 bits per heavy atom. The molecule has 1 heterocycles. The average molecular weight is 195 g/mol. The minimum Gasteiger partial charge on any atom is -0.309 e. The molecule has 1 aromatic rings. The Balaban J connectivity index is 1.72. The van der Waals surface area contributed by atoms with Crippen molar-refractivity contribution in [1.82, 2.24) is 5.32 Å². The zero-order valence-corrected chi connectivity index (χ0v) is 8.78. The number of hydrogen-bond donors (Lipinski definition) is 1. The van der Waals surface area contributed by atoms with Gasteiger partial charge in [0, 0.05) is 17.5 Å². The molecule has 1 aromatic heterocycles. The van der Waals surface area contributed by atoms with Crippen LogP contribution in [0.2, 0.25) is 0 Å². The summed E-state index contributed by atoms with van der Waals surface area (Å²) in [5.74, 6) is 0. The fourth-order valence-electron chi connectivity index (χ4n) is 1.96. The lowest BCUT2D eigenvalue weighted by molar-refractivity contribution is 0.373. The smallest absolute Gasteiger partial charge is 0.0302 e. The van der Waals surface area contributed by atoms with Crippen LogP contribution in [0.1, 0.15) is 37.0 Å². The molecule has 13 heavy (non-hydrogen) atoms. The summed E-state index contributed by atoms with van der Waals surface area (Å²) < 4.78 is 0. The molecule has 72 valence electrons. The summed E-state index contributed by atoms with van der Waals surface area (Å²) in [6.45, 7) is 1.07. The Kier molecular flexibility index (Phi) is 3.39. The molecule has 0 radical (unpaired) electrons. The molecule has 0 aromatic carbocycles. The fourth-order valence-corrected chi connectivity index (χ4v) is 2.62. The van der Waals surface area contributed by atoms with E-state index in [-0.39, 0.29) is 0 Å². The molecule has 0 unspecified atom stereocenters. The lowest BCUT2D eigenvalue weighted by Gasteiger charge is -2.22. The Morgan fingerprint density at radius 2 is 2.15 bits per heavy atom. The highest BCUT2D eigenvalue weighted by molar-refractivity contribution is 7.09. The molecular weight excluding hydrogens is 178 g/mol. The van der Waals surface area contributed by atoms with Gasteiger partial charge < -0.3 is 5.32 Å². The minimum atomic E-state index is 0.788. The van der Waals surface area contributed by atoms with Gasteiger partial charge in [-0.3, -0.25) is 0 Å². The summed E-state index contributed by atoms with van der Waals surface area (Å²) in [4.78, 5) is 1.46. The molecule has 0 saturated heterocycles. The van der Waals surface area contributed by atoms with Crippen molar-refractivity contribution >= 4 is 11.3 Å². The van der Waals surface area contributed by atoms with Crippen molar-refractivity contribution in [2.24, 2.45) is 0 Å². The zero-order valence-electron chi connectivity index (χ0n) is 7.96. The molecule has 1 saturated carbocycles. The van der Waals surface area contributed by atoms with Crippen LogP contribution in [0.15, 0.2) is 17.5 Å². The van der Waals surface area contributed by atoms with Gasteiger partial charge in [0.1, 0.15) is 0 Å². The maximum atomic E-state index is 3.63. The molecule has 1 aliphatic carbocycles. The maximum absolute atomic E-state index is 3.63. The van der Waals surface area contributed by atoms with Crippen molar-refractivity contribution in [2.75, 3.05) is 0 Å². The molecule has 1 aliphatic rings. The van der Waals surface area contributed by atoms with Crippen molar-refractivity contribution in [1.29, 1.82) is 0 Å². The second kappa shape index (κ2) is 4.77. The van der Waals surface area contributed by atoms with Crippen molar-refractivity contribution in [2.45, 2.75) is 44.7 Å². The maximum Gasteiger partial charge on any atom is 0.0302 e. The second-order valence-corrected chi connectivity index (χ2v) is 4.83. The van der Waals surface area contributed by atoms with E-state index >= 15 is 0 Å². The van der Waals surface area contributed by atoms with Crippen molar-refractivity contribution < 1.29 is 0 Å². The van der Waals surface area contributed by atoms with Crippen molar-refractivity contribution in [3.8, 4) is 0 Å². The third-order valence-corrected chi connectivity index (χ3v) is 3.63. The van der Waals surface area contributed by atoms with Crippen LogP contribution in [0.5, 0.6) is 0 Å². The summed E-state index contributed by atoms with van der Waals surface area (Å²) >= 11 is 1.85. The third kappa shape index (κ3) is 2.82. The largest absolute Gasteiger partial charge is 0.309 e. The first-order valence-electron chi connectivity index (χ1n) is 5.21. The highest BCUT2D eigenvalue weighted by atomic mass is 32.1. The quantitative estimate of drug-likeness (QED) is 0.781. The molecule has 2 rings (SSSR count). The number of hydrogen-bond acceptors (Lipinski definition) is 2. The van der Waals surface area contributed by atoms with Crippen LogP contribution >= 0.6 is 11.3 Å². The van der Waals surface area contributed by atoms with Gasteiger partial charge in [-0.25, -0.2) is 0 Å². The zero-order chi connectivity index (χ0) is 8.93. The summed E-state index contributed by atoms with van der Waals surface area (Å²) in [5.41, 5.74) is 0. The minimum absolute atomic E-state index is 0.788. The second-order valence-electron chi connectivity index (χ2n) is 3.80. The Hall–Kier alpha value is -0.340. The molecule has 0 spiro atoms. The standard InChI is InChI=1S/C11H17NS/c1-2-5-10(6-3-1)12-9-11-7-4-8-13-11/h4,7-8,10,12H,1-3,5-6,9H2. The van der Waals surface area contributed by atoms with Crippen molar-refractivity contribution in [3.05, 3.63) is 22.4 Å². The fraction of sp³-hybridized carbons (Fsp3) is 0.636. The molecule has 0 amide bonds. The van der Waals surface area contributed by atoms with E-state index in [1.54, 1.807) is 0 Å². The van der Waals surface area contributed by atoms with E-state index < -0.39 is 0 Å². The molecule has 0 atom stereocenters. The molecule has 1 N–H and O–H groups in total. The summed E-state index contributed by atoms with van der Waals surface area (Å²) in [5, 5.41) is 5.79. The van der Waals surface area contributed by atoms with Crippen LogP contribution < -0.4 is 5.32 Å². The van der Waals surface area contributed by atoms with Gasteiger partial charge in [-0.15, -0.1) is 11.3 Å². The third-order valence-electron chi connectivity index (χ3n) is 2.75. The van der Waals surface area contributed by atoms with Crippen LogP contribution in [0, 0.1) is 0 Å². The normalized spacial score (nSPS) is 19.1. The van der Waals surface area contributed by atoms with E-state index in [1.165, 1.54) is 37.0 Å². The van der Waals surface area contributed by atoms with Crippen LogP contribution in [0.25, 0.3) is 0 Å². The van der Waals surface area contributed by atoms with Gasteiger partial charge in [0.2, 0.25) is 0 Å². The van der Waals surface area contributed by atoms with Gasteiger partial charge in [-0.1, -0.05) is 25.3 Å². The summed E-state index contributed by atoms with van der Waals surface area (Å²) in [7, 11) is 0. The van der Waals surface area contributed by atoms with Gasteiger partial charge >= 0.3 is 0 Å². The SMILES string of the molecule is c1csc(CNC2CCCCC2)c1.